The van der Waals surface area contributed by atoms with Gasteiger partial charge in [0.05, 0.1) is 11.6 Å². The number of hydrogen-bond donors (Lipinski definition) is 2. The lowest BCUT2D eigenvalue weighted by molar-refractivity contribution is -0.120. The highest BCUT2D eigenvalue weighted by atomic mass is 32.1. The monoisotopic (exact) mass is 325 g/mol. The second-order valence-corrected chi connectivity index (χ2v) is 5.62. The fourth-order valence-electron chi connectivity index (χ4n) is 2.53. The topological polar surface area (TPSA) is 70.6 Å². The molecule has 0 saturated heterocycles. The van der Waals surface area contributed by atoms with E-state index in [9.17, 15) is 9.59 Å². The van der Waals surface area contributed by atoms with E-state index in [1.165, 1.54) is 0 Å². The number of aryl methyl sites for hydroxylation is 1. The number of hydrogen-bond acceptors (Lipinski definition) is 3. The van der Waals surface area contributed by atoms with E-state index in [1.54, 1.807) is 18.2 Å². The summed E-state index contributed by atoms with van der Waals surface area (Å²) in [6.45, 7) is 2.03. The molecule has 0 radical (unpaired) electrons. The maximum absolute atomic E-state index is 12.5. The number of para-hydroxylation sites is 1. The van der Waals surface area contributed by atoms with Crippen molar-refractivity contribution in [3.05, 3.63) is 53.6 Å². The predicted molar refractivity (Wildman–Crippen MR) is 93.3 cm³/mol. The maximum atomic E-state index is 12.5. The number of anilines is 1. The van der Waals surface area contributed by atoms with Gasteiger partial charge in [-0.15, -0.1) is 0 Å². The number of benzene rings is 1. The number of carbonyl (C=O) groups excluding carboxylic acids is 2. The molecule has 1 heterocycles. The molecular formula is C17H15N3O2S. The smallest absolute Gasteiger partial charge is 0.255 e. The SMILES string of the molecule is CCc1ccccc1NC(=O)C1=CC2=NC(=S)NC(=O)C2C=C1. The van der Waals surface area contributed by atoms with E-state index in [1.807, 2.05) is 31.2 Å². The van der Waals surface area contributed by atoms with Crippen LogP contribution in [0.5, 0.6) is 0 Å². The molecule has 0 spiro atoms. The minimum absolute atomic E-state index is 0.129. The van der Waals surface area contributed by atoms with Gasteiger partial charge in [0.2, 0.25) is 5.91 Å². The quantitative estimate of drug-likeness (QED) is 0.837. The van der Waals surface area contributed by atoms with Crippen LogP contribution in [-0.2, 0) is 16.0 Å². The van der Waals surface area contributed by atoms with Gasteiger partial charge in [-0.25, -0.2) is 4.99 Å². The lowest BCUT2D eigenvalue weighted by Crippen LogP contribution is -2.42. The molecular weight excluding hydrogens is 310 g/mol. The lowest BCUT2D eigenvalue weighted by atomic mass is 9.92. The first-order valence-corrected chi connectivity index (χ1v) is 7.72. The average molecular weight is 325 g/mol. The molecule has 2 N–H and O–H groups in total. The highest BCUT2D eigenvalue weighted by Crippen LogP contribution is 2.21. The first-order chi connectivity index (χ1) is 11.1. The van der Waals surface area contributed by atoms with Gasteiger partial charge >= 0.3 is 0 Å². The molecule has 0 bridgehead atoms. The Balaban J connectivity index is 1.84. The highest BCUT2D eigenvalue weighted by molar-refractivity contribution is 7.80. The summed E-state index contributed by atoms with van der Waals surface area (Å²) in [6, 6.07) is 7.66. The van der Waals surface area contributed by atoms with Gasteiger partial charge in [0.25, 0.3) is 5.91 Å². The van der Waals surface area contributed by atoms with E-state index in [-0.39, 0.29) is 16.9 Å². The Bertz CT molecular complexity index is 793. The molecule has 6 heteroatoms. The Morgan fingerprint density at radius 3 is 2.96 bits per heavy atom. The fourth-order valence-corrected chi connectivity index (χ4v) is 2.74. The number of fused-ring (bicyclic) bond motifs is 1. The van der Waals surface area contributed by atoms with Gasteiger partial charge in [0.15, 0.2) is 5.11 Å². The van der Waals surface area contributed by atoms with Gasteiger partial charge < -0.3 is 10.6 Å². The van der Waals surface area contributed by atoms with Crippen LogP contribution in [0, 0.1) is 5.92 Å². The van der Waals surface area contributed by atoms with Crippen LogP contribution in [0.1, 0.15) is 12.5 Å². The predicted octanol–water partition coefficient (Wildman–Crippen LogP) is 2.16. The number of rotatable bonds is 3. The van der Waals surface area contributed by atoms with Crippen molar-refractivity contribution in [2.75, 3.05) is 5.32 Å². The van der Waals surface area contributed by atoms with Gasteiger partial charge in [0.1, 0.15) is 0 Å². The second-order valence-electron chi connectivity index (χ2n) is 5.23. The molecule has 0 fully saturated rings. The van der Waals surface area contributed by atoms with Crippen LogP contribution in [-0.4, -0.2) is 22.6 Å². The van der Waals surface area contributed by atoms with Crippen LogP contribution < -0.4 is 10.6 Å². The molecule has 3 rings (SSSR count). The Morgan fingerprint density at radius 1 is 1.39 bits per heavy atom. The molecule has 2 aliphatic rings. The zero-order valence-corrected chi connectivity index (χ0v) is 13.3. The summed E-state index contributed by atoms with van der Waals surface area (Å²) in [6.07, 6.45) is 5.74. The zero-order valence-electron chi connectivity index (χ0n) is 12.5. The average Bonchev–Trinajstić information content (AvgIpc) is 2.54. The Kier molecular flexibility index (Phi) is 4.16. The molecule has 1 aliphatic carbocycles. The minimum Gasteiger partial charge on any atom is -0.322 e. The highest BCUT2D eigenvalue weighted by Gasteiger charge is 2.29. The van der Waals surface area contributed by atoms with Crippen LogP contribution in [0.15, 0.2) is 53.1 Å². The van der Waals surface area contributed by atoms with Crippen LogP contribution in [0.2, 0.25) is 0 Å². The van der Waals surface area contributed by atoms with E-state index >= 15 is 0 Å². The molecule has 0 aromatic heterocycles. The van der Waals surface area contributed by atoms with E-state index in [0.717, 1.165) is 17.7 Å². The third-order valence-corrected chi connectivity index (χ3v) is 3.94. The van der Waals surface area contributed by atoms with Crippen molar-refractivity contribution in [2.45, 2.75) is 13.3 Å². The molecule has 1 aromatic carbocycles. The van der Waals surface area contributed by atoms with Crippen molar-refractivity contribution >= 4 is 40.5 Å². The normalized spacial score (nSPS) is 19.4. The molecule has 1 unspecified atom stereocenters. The van der Waals surface area contributed by atoms with Crippen molar-refractivity contribution < 1.29 is 9.59 Å². The minimum atomic E-state index is -0.485. The van der Waals surface area contributed by atoms with E-state index in [2.05, 4.69) is 15.6 Å². The Morgan fingerprint density at radius 2 is 2.17 bits per heavy atom. The van der Waals surface area contributed by atoms with Crippen molar-refractivity contribution in [1.82, 2.24) is 5.32 Å². The number of amides is 2. The number of nitrogens with one attached hydrogen (secondary N) is 2. The van der Waals surface area contributed by atoms with Crippen LogP contribution in [0.25, 0.3) is 0 Å². The van der Waals surface area contributed by atoms with Crippen LogP contribution in [0.4, 0.5) is 5.69 Å². The van der Waals surface area contributed by atoms with Crippen LogP contribution >= 0.6 is 12.2 Å². The number of aliphatic imine (C=N–C) groups is 1. The van der Waals surface area contributed by atoms with Gasteiger partial charge in [-0.2, -0.15) is 0 Å². The number of carbonyl (C=O) groups is 2. The first-order valence-electron chi connectivity index (χ1n) is 7.31. The van der Waals surface area contributed by atoms with E-state index in [4.69, 9.17) is 12.2 Å². The molecule has 1 atom stereocenters. The van der Waals surface area contributed by atoms with Gasteiger partial charge in [-0.05, 0) is 36.3 Å². The fraction of sp³-hybridized carbons (Fsp3) is 0.176. The van der Waals surface area contributed by atoms with Crippen molar-refractivity contribution in [3.8, 4) is 0 Å². The summed E-state index contributed by atoms with van der Waals surface area (Å²) in [5.41, 5.74) is 2.79. The van der Waals surface area contributed by atoms with E-state index < -0.39 is 5.92 Å². The first kappa shape index (κ1) is 15.3. The number of thiocarbonyl (C=S) groups is 1. The number of allylic oxidation sites excluding steroid dienone is 1. The summed E-state index contributed by atoms with van der Waals surface area (Å²) >= 11 is 4.92. The van der Waals surface area contributed by atoms with Crippen LogP contribution in [0.3, 0.4) is 0 Å². The summed E-state index contributed by atoms with van der Waals surface area (Å²) in [5, 5.41) is 5.53. The van der Waals surface area contributed by atoms with Crippen molar-refractivity contribution in [1.29, 1.82) is 0 Å². The summed E-state index contributed by atoms with van der Waals surface area (Å²) in [7, 11) is 0. The molecule has 1 aromatic rings. The molecule has 116 valence electrons. The lowest BCUT2D eigenvalue weighted by Gasteiger charge is -2.22. The molecule has 1 aliphatic heterocycles. The summed E-state index contributed by atoms with van der Waals surface area (Å²) < 4.78 is 0. The largest absolute Gasteiger partial charge is 0.322 e. The van der Waals surface area contributed by atoms with E-state index in [0.29, 0.717) is 11.3 Å². The third kappa shape index (κ3) is 3.12. The zero-order chi connectivity index (χ0) is 16.4. The number of nitrogens with zero attached hydrogens (tertiary/aromatic N) is 1. The molecule has 2 amide bonds. The van der Waals surface area contributed by atoms with Gasteiger partial charge in [-0.3, -0.25) is 9.59 Å². The summed E-state index contributed by atoms with van der Waals surface area (Å²) in [5.74, 6) is -0.940. The molecule has 5 nitrogen and oxygen atoms in total. The summed E-state index contributed by atoms with van der Waals surface area (Å²) in [4.78, 5) is 28.4. The Labute approximate surface area is 139 Å². The third-order valence-electron chi connectivity index (χ3n) is 3.74. The van der Waals surface area contributed by atoms with Crippen molar-refractivity contribution in [3.63, 3.8) is 0 Å². The standard InChI is InChI=1S/C17H15N3O2S/c1-2-10-5-3-4-6-13(10)18-15(21)11-7-8-12-14(9-11)19-17(23)20-16(12)22/h3-9,12H,2H2,1H3,(H,18,21)(H,20,22,23). The second kappa shape index (κ2) is 6.26. The van der Waals surface area contributed by atoms with Gasteiger partial charge in [-0.1, -0.05) is 37.3 Å². The molecule has 23 heavy (non-hydrogen) atoms. The Hall–Kier alpha value is -2.60. The van der Waals surface area contributed by atoms with Gasteiger partial charge in [0, 0.05) is 11.3 Å². The maximum Gasteiger partial charge on any atom is 0.255 e. The molecule has 0 saturated carbocycles. The van der Waals surface area contributed by atoms with Crippen molar-refractivity contribution in [2.24, 2.45) is 10.9 Å².